The molecule has 6 nitrogen and oxygen atoms in total. The van der Waals surface area contributed by atoms with Crippen LogP contribution in [0.25, 0.3) is 11.6 Å². The van der Waals surface area contributed by atoms with Crippen LogP contribution < -0.4 is 10.2 Å². The molecule has 2 aromatic heterocycles. The normalized spacial score (nSPS) is 16.2. The number of urea groups is 1. The summed E-state index contributed by atoms with van der Waals surface area (Å²) in [6.45, 7) is 0. The van der Waals surface area contributed by atoms with Gasteiger partial charge in [0.05, 0.1) is 17.4 Å². The molecule has 1 fully saturated rings. The molecule has 4 rings (SSSR count). The van der Waals surface area contributed by atoms with E-state index in [1.165, 1.54) is 0 Å². The highest BCUT2D eigenvalue weighted by Crippen LogP contribution is 2.25. The molecular formula is C17H11ClN4O2. The molecule has 0 atom stereocenters. The minimum atomic E-state index is -0.509. The molecule has 1 N–H and O–H groups in total. The number of carbonyl (C=O) groups is 2. The van der Waals surface area contributed by atoms with Crippen LogP contribution in [0, 0.1) is 0 Å². The van der Waals surface area contributed by atoms with Crippen molar-refractivity contribution in [3.8, 4) is 0 Å². The summed E-state index contributed by atoms with van der Waals surface area (Å²) in [7, 11) is 0. The highest BCUT2D eigenvalue weighted by molar-refractivity contribution is 6.32. The number of pyridine rings is 1. The van der Waals surface area contributed by atoms with Crippen molar-refractivity contribution in [1.29, 1.82) is 0 Å². The molecule has 1 saturated heterocycles. The number of aromatic nitrogens is 2. The number of fused-ring (bicyclic) bond motifs is 1. The maximum atomic E-state index is 12.6. The summed E-state index contributed by atoms with van der Waals surface area (Å²) in [4.78, 5) is 25.8. The summed E-state index contributed by atoms with van der Waals surface area (Å²) in [5.74, 6) is -0.433. The van der Waals surface area contributed by atoms with Gasteiger partial charge in [-0.05, 0) is 36.4 Å². The minimum Gasteiger partial charge on any atom is -0.302 e. The predicted molar refractivity (Wildman–Crippen MR) is 90.6 cm³/mol. The molecule has 3 heterocycles. The number of nitrogens with zero attached hydrogens (tertiary/aromatic N) is 3. The van der Waals surface area contributed by atoms with E-state index in [9.17, 15) is 9.59 Å². The lowest BCUT2D eigenvalue weighted by Crippen LogP contribution is -2.30. The Morgan fingerprint density at radius 2 is 2.00 bits per heavy atom. The molecule has 24 heavy (non-hydrogen) atoms. The van der Waals surface area contributed by atoms with Gasteiger partial charge in [-0.1, -0.05) is 23.7 Å². The van der Waals surface area contributed by atoms with Crippen molar-refractivity contribution >= 4 is 40.8 Å². The summed E-state index contributed by atoms with van der Waals surface area (Å²) in [6, 6.07) is 11.7. The van der Waals surface area contributed by atoms with E-state index < -0.39 is 11.9 Å². The quantitative estimate of drug-likeness (QED) is 0.577. The first-order valence-corrected chi connectivity index (χ1v) is 7.56. The van der Waals surface area contributed by atoms with Crippen LogP contribution in [0.15, 0.2) is 60.6 Å². The van der Waals surface area contributed by atoms with Gasteiger partial charge in [-0.25, -0.2) is 14.2 Å². The summed E-state index contributed by atoms with van der Waals surface area (Å²) in [5.41, 5.74) is 2.20. The average Bonchev–Trinajstić information content (AvgIpc) is 3.09. The molecular weight excluding hydrogens is 328 g/mol. The van der Waals surface area contributed by atoms with E-state index in [2.05, 4.69) is 10.4 Å². The Morgan fingerprint density at radius 1 is 1.12 bits per heavy atom. The van der Waals surface area contributed by atoms with E-state index in [1.807, 2.05) is 24.4 Å². The van der Waals surface area contributed by atoms with Gasteiger partial charge in [-0.3, -0.25) is 4.79 Å². The van der Waals surface area contributed by atoms with Crippen molar-refractivity contribution < 1.29 is 9.59 Å². The zero-order chi connectivity index (χ0) is 16.7. The molecule has 0 aliphatic carbocycles. The first-order chi connectivity index (χ1) is 11.6. The molecule has 1 aliphatic heterocycles. The monoisotopic (exact) mass is 338 g/mol. The van der Waals surface area contributed by atoms with E-state index >= 15 is 0 Å². The Hall–Kier alpha value is -3.12. The lowest BCUT2D eigenvalue weighted by Gasteiger charge is -2.11. The van der Waals surface area contributed by atoms with E-state index in [-0.39, 0.29) is 5.70 Å². The molecule has 0 bridgehead atoms. The van der Waals surface area contributed by atoms with Gasteiger partial charge in [0.15, 0.2) is 0 Å². The predicted octanol–water partition coefficient (Wildman–Crippen LogP) is 3.09. The van der Waals surface area contributed by atoms with Crippen molar-refractivity contribution in [2.75, 3.05) is 4.90 Å². The van der Waals surface area contributed by atoms with Gasteiger partial charge >= 0.3 is 6.03 Å². The fourth-order valence-electron chi connectivity index (χ4n) is 2.61. The van der Waals surface area contributed by atoms with Gasteiger partial charge < -0.3 is 5.32 Å². The number of nitrogens with one attached hydrogen (secondary N) is 1. The van der Waals surface area contributed by atoms with Gasteiger partial charge in [-0.15, -0.1) is 0 Å². The van der Waals surface area contributed by atoms with E-state index in [1.54, 1.807) is 41.1 Å². The van der Waals surface area contributed by atoms with Gasteiger partial charge in [0, 0.05) is 16.8 Å². The second-order valence-electron chi connectivity index (χ2n) is 5.24. The van der Waals surface area contributed by atoms with Gasteiger partial charge in [0.2, 0.25) is 0 Å². The maximum Gasteiger partial charge on any atom is 0.333 e. The molecule has 3 amide bonds. The molecule has 0 spiro atoms. The Morgan fingerprint density at radius 3 is 2.83 bits per heavy atom. The molecule has 1 aliphatic rings. The number of imide groups is 1. The van der Waals surface area contributed by atoms with Crippen LogP contribution >= 0.6 is 11.6 Å². The number of benzene rings is 1. The van der Waals surface area contributed by atoms with Crippen LogP contribution in [0.1, 0.15) is 5.56 Å². The summed E-state index contributed by atoms with van der Waals surface area (Å²) < 4.78 is 1.70. The number of anilines is 1. The molecule has 118 valence electrons. The van der Waals surface area contributed by atoms with Crippen LogP contribution in [-0.2, 0) is 4.79 Å². The Labute approximate surface area is 141 Å². The third kappa shape index (κ3) is 2.33. The smallest absolute Gasteiger partial charge is 0.302 e. The first kappa shape index (κ1) is 14.5. The number of rotatable bonds is 2. The van der Waals surface area contributed by atoms with Crippen molar-refractivity contribution in [2.45, 2.75) is 0 Å². The second-order valence-corrected chi connectivity index (χ2v) is 5.68. The fraction of sp³-hybridized carbons (Fsp3) is 0. The Balaban J connectivity index is 1.73. The highest BCUT2D eigenvalue weighted by Gasteiger charge is 2.35. The molecule has 7 heteroatoms. The van der Waals surface area contributed by atoms with Crippen molar-refractivity contribution in [3.05, 3.63) is 71.1 Å². The largest absolute Gasteiger partial charge is 0.333 e. The van der Waals surface area contributed by atoms with Crippen LogP contribution in [0.4, 0.5) is 10.5 Å². The molecule has 1 aromatic carbocycles. The van der Waals surface area contributed by atoms with E-state index in [4.69, 9.17) is 11.6 Å². The van der Waals surface area contributed by atoms with Gasteiger partial charge in [-0.2, -0.15) is 5.10 Å². The van der Waals surface area contributed by atoms with Gasteiger partial charge in [0.1, 0.15) is 5.70 Å². The van der Waals surface area contributed by atoms with Crippen LogP contribution in [0.2, 0.25) is 5.02 Å². The Kier molecular flexibility index (Phi) is 3.32. The molecule has 0 radical (unpaired) electrons. The number of halogens is 1. The summed E-state index contributed by atoms with van der Waals surface area (Å²) in [6.07, 6.45) is 5.07. The van der Waals surface area contributed by atoms with Crippen LogP contribution in [-0.4, -0.2) is 21.6 Å². The van der Waals surface area contributed by atoms with Crippen LogP contribution in [0.5, 0.6) is 0 Å². The summed E-state index contributed by atoms with van der Waals surface area (Å²) >= 11 is 5.94. The maximum absolute atomic E-state index is 12.6. The van der Waals surface area contributed by atoms with E-state index in [0.717, 1.165) is 16.0 Å². The van der Waals surface area contributed by atoms with Crippen LogP contribution in [0.3, 0.4) is 0 Å². The average molecular weight is 339 g/mol. The third-order valence-electron chi connectivity index (χ3n) is 3.70. The second kappa shape index (κ2) is 5.50. The first-order valence-electron chi connectivity index (χ1n) is 7.18. The lowest BCUT2D eigenvalue weighted by atomic mass is 10.2. The summed E-state index contributed by atoms with van der Waals surface area (Å²) in [5, 5.41) is 7.26. The standard InChI is InChI=1S/C17H11ClN4O2/c18-12-4-3-5-13(9-12)22-16(23)14(20-17(22)24)8-11-10-19-21-7-2-1-6-15(11)21/h1-10H,(H,20,24)/b14-8-. The number of hydrogen-bond donors (Lipinski definition) is 1. The zero-order valence-electron chi connectivity index (χ0n) is 12.3. The SMILES string of the molecule is O=C1N/C(=C\c2cnn3ccccc23)C(=O)N1c1cccc(Cl)c1. The molecule has 3 aromatic rings. The third-order valence-corrected chi connectivity index (χ3v) is 3.94. The molecule has 0 unspecified atom stereocenters. The fourth-order valence-corrected chi connectivity index (χ4v) is 2.79. The van der Waals surface area contributed by atoms with Gasteiger partial charge in [0.25, 0.3) is 5.91 Å². The van der Waals surface area contributed by atoms with Crippen molar-refractivity contribution in [2.24, 2.45) is 0 Å². The topological polar surface area (TPSA) is 66.7 Å². The number of hydrogen-bond acceptors (Lipinski definition) is 3. The number of amides is 3. The lowest BCUT2D eigenvalue weighted by molar-refractivity contribution is -0.113. The van der Waals surface area contributed by atoms with E-state index in [0.29, 0.717) is 10.7 Å². The molecule has 0 saturated carbocycles. The highest BCUT2D eigenvalue weighted by atomic mass is 35.5. The minimum absolute atomic E-state index is 0.193. The number of carbonyl (C=O) groups excluding carboxylic acids is 2. The Bertz CT molecular complexity index is 1010. The zero-order valence-corrected chi connectivity index (χ0v) is 13.1. The van der Waals surface area contributed by atoms with Crippen molar-refractivity contribution in [1.82, 2.24) is 14.9 Å². The van der Waals surface area contributed by atoms with Crippen molar-refractivity contribution in [3.63, 3.8) is 0 Å².